The quantitative estimate of drug-likeness (QED) is 0.876. The average molecular weight is 268 g/mol. The van der Waals surface area contributed by atoms with Crippen molar-refractivity contribution < 1.29 is 8.42 Å². The van der Waals surface area contributed by atoms with E-state index in [9.17, 15) is 8.42 Å². The van der Waals surface area contributed by atoms with E-state index in [0.29, 0.717) is 4.90 Å². The van der Waals surface area contributed by atoms with Crippen molar-refractivity contribution >= 4 is 10.0 Å². The predicted molar refractivity (Wildman–Crippen MR) is 71.6 cm³/mol. The maximum absolute atomic E-state index is 12.2. The van der Waals surface area contributed by atoms with E-state index in [-0.39, 0.29) is 11.6 Å². The number of rotatable bonds is 4. The van der Waals surface area contributed by atoms with Gasteiger partial charge in [-0.25, -0.2) is 13.1 Å². The van der Waals surface area contributed by atoms with Crippen LogP contribution in [0.5, 0.6) is 0 Å². The molecule has 5 heteroatoms. The summed E-state index contributed by atoms with van der Waals surface area (Å²) in [5.41, 5.74) is 6.41. The molecule has 1 saturated carbocycles. The molecule has 0 heterocycles. The number of nitrogens with one attached hydrogen (secondary N) is 1. The molecule has 2 rings (SSSR count). The fraction of sp³-hybridized carbons (Fsp3) is 0.538. The van der Waals surface area contributed by atoms with Gasteiger partial charge in [0, 0.05) is 11.6 Å². The van der Waals surface area contributed by atoms with Crippen molar-refractivity contribution in [1.82, 2.24) is 4.72 Å². The van der Waals surface area contributed by atoms with E-state index in [0.717, 1.165) is 24.8 Å². The van der Waals surface area contributed by atoms with Crippen LogP contribution in [0.1, 0.15) is 44.7 Å². The summed E-state index contributed by atoms with van der Waals surface area (Å²) in [6.45, 7) is 3.82. The summed E-state index contributed by atoms with van der Waals surface area (Å²) in [4.78, 5) is 0.306. The number of nitrogens with two attached hydrogens (primary N) is 1. The predicted octanol–water partition coefficient (Wildman–Crippen LogP) is 1.93. The summed E-state index contributed by atoms with van der Waals surface area (Å²) in [6, 6.07) is 6.68. The highest BCUT2D eigenvalue weighted by Gasteiger charge is 2.36. The molecule has 1 fully saturated rings. The van der Waals surface area contributed by atoms with Crippen LogP contribution in [0.15, 0.2) is 29.2 Å². The minimum Gasteiger partial charge on any atom is -0.324 e. The van der Waals surface area contributed by atoms with Crippen molar-refractivity contribution in [2.24, 2.45) is 5.73 Å². The largest absolute Gasteiger partial charge is 0.324 e. The zero-order valence-electron chi connectivity index (χ0n) is 10.8. The Morgan fingerprint density at radius 2 is 1.83 bits per heavy atom. The van der Waals surface area contributed by atoms with Gasteiger partial charge in [-0.15, -0.1) is 0 Å². The van der Waals surface area contributed by atoms with Crippen molar-refractivity contribution in [2.75, 3.05) is 0 Å². The third-order valence-electron chi connectivity index (χ3n) is 3.55. The van der Waals surface area contributed by atoms with E-state index in [4.69, 9.17) is 5.73 Å². The second-order valence-electron chi connectivity index (χ2n) is 5.38. The summed E-state index contributed by atoms with van der Waals surface area (Å²) in [5.74, 6) is 0. The lowest BCUT2D eigenvalue weighted by Gasteiger charge is -2.38. The van der Waals surface area contributed by atoms with Crippen molar-refractivity contribution in [2.45, 2.75) is 49.6 Å². The molecule has 3 N–H and O–H groups in total. The molecule has 1 atom stereocenters. The van der Waals surface area contributed by atoms with E-state index in [2.05, 4.69) is 4.72 Å². The van der Waals surface area contributed by atoms with Gasteiger partial charge in [-0.3, -0.25) is 0 Å². The van der Waals surface area contributed by atoms with Crippen LogP contribution in [-0.2, 0) is 10.0 Å². The molecule has 1 aliphatic carbocycles. The normalized spacial score (nSPS) is 20.2. The van der Waals surface area contributed by atoms with Crippen molar-refractivity contribution in [1.29, 1.82) is 0 Å². The van der Waals surface area contributed by atoms with E-state index >= 15 is 0 Å². The monoisotopic (exact) mass is 268 g/mol. The standard InChI is InChI=1S/C13H20N2O2S/c1-10(14)11-4-6-12(7-5-11)18(16,17)15-13(2)8-3-9-13/h4-7,10,15H,3,8-9,14H2,1-2H3. The Kier molecular flexibility index (Phi) is 3.49. The van der Waals surface area contributed by atoms with Crippen LogP contribution in [0.25, 0.3) is 0 Å². The van der Waals surface area contributed by atoms with Gasteiger partial charge in [0.2, 0.25) is 10.0 Å². The van der Waals surface area contributed by atoms with E-state index in [1.165, 1.54) is 0 Å². The average Bonchev–Trinajstić information content (AvgIpc) is 2.26. The van der Waals surface area contributed by atoms with Gasteiger partial charge in [0.25, 0.3) is 0 Å². The lowest BCUT2D eigenvalue weighted by molar-refractivity contribution is 0.248. The fourth-order valence-corrected chi connectivity index (χ4v) is 3.61. The molecule has 1 unspecified atom stereocenters. The van der Waals surface area contributed by atoms with Crippen molar-refractivity contribution in [3.63, 3.8) is 0 Å². The van der Waals surface area contributed by atoms with Crippen LogP contribution >= 0.6 is 0 Å². The molecule has 4 nitrogen and oxygen atoms in total. The summed E-state index contributed by atoms with van der Waals surface area (Å²) in [7, 11) is -3.41. The maximum Gasteiger partial charge on any atom is 0.241 e. The van der Waals surface area contributed by atoms with Crippen LogP contribution in [0.3, 0.4) is 0 Å². The van der Waals surface area contributed by atoms with Gasteiger partial charge in [0.15, 0.2) is 0 Å². The molecule has 1 aromatic rings. The molecule has 0 amide bonds. The number of hydrogen-bond donors (Lipinski definition) is 2. The lowest BCUT2D eigenvalue weighted by atomic mass is 9.80. The zero-order valence-corrected chi connectivity index (χ0v) is 11.6. The highest BCUT2D eigenvalue weighted by atomic mass is 32.2. The first-order valence-electron chi connectivity index (χ1n) is 6.22. The van der Waals surface area contributed by atoms with Gasteiger partial charge in [-0.05, 0) is 50.8 Å². The summed E-state index contributed by atoms with van der Waals surface area (Å²) in [6.07, 6.45) is 2.90. The Morgan fingerprint density at radius 3 is 2.22 bits per heavy atom. The third kappa shape index (κ3) is 2.74. The summed E-state index contributed by atoms with van der Waals surface area (Å²) in [5, 5.41) is 0. The van der Waals surface area contributed by atoms with Gasteiger partial charge >= 0.3 is 0 Å². The van der Waals surface area contributed by atoms with Gasteiger partial charge < -0.3 is 5.73 Å². The molecule has 100 valence electrons. The molecular formula is C13H20N2O2S. The molecule has 1 aromatic carbocycles. The molecule has 0 aliphatic heterocycles. The van der Waals surface area contributed by atoms with Crippen LogP contribution in [0, 0.1) is 0 Å². The number of sulfonamides is 1. The fourth-order valence-electron chi connectivity index (χ4n) is 2.14. The molecule has 0 bridgehead atoms. The maximum atomic E-state index is 12.2. The first-order chi connectivity index (χ1) is 8.32. The second kappa shape index (κ2) is 4.64. The van der Waals surface area contributed by atoms with Gasteiger partial charge in [0.1, 0.15) is 0 Å². The SMILES string of the molecule is CC(N)c1ccc(S(=O)(=O)NC2(C)CCC2)cc1. The molecular weight excluding hydrogens is 248 g/mol. The minimum absolute atomic E-state index is 0.0844. The van der Waals surface area contributed by atoms with Gasteiger partial charge in [0.05, 0.1) is 4.90 Å². The van der Waals surface area contributed by atoms with Crippen molar-refractivity contribution in [3.05, 3.63) is 29.8 Å². The lowest BCUT2D eigenvalue weighted by Crippen LogP contribution is -2.50. The smallest absolute Gasteiger partial charge is 0.241 e. The highest BCUT2D eigenvalue weighted by Crippen LogP contribution is 2.32. The van der Waals surface area contributed by atoms with Gasteiger partial charge in [-0.2, -0.15) is 0 Å². The second-order valence-corrected chi connectivity index (χ2v) is 7.06. The number of benzene rings is 1. The Hall–Kier alpha value is -0.910. The van der Waals surface area contributed by atoms with E-state index in [1.54, 1.807) is 24.3 Å². The van der Waals surface area contributed by atoms with E-state index < -0.39 is 10.0 Å². The Morgan fingerprint density at radius 1 is 1.28 bits per heavy atom. The summed E-state index contributed by atoms with van der Waals surface area (Å²) >= 11 is 0. The number of hydrogen-bond acceptors (Lipinski definition) is 3. The topological polar surface area (TPSA) is 72.2 Å². The van der Waals surface area contributed by atoms with Crippen LogP contribution in [0.2, 0.25) is 0 Å². The van der Waals surface area contributed by atoms with Gasteiger partial charge in [-0.1, -0.05) is 12.1 Å². The zero-order chi connectivity index (χ0) is 13.4. The molecule has 0 spiro atoms. The molecule has 0 saturated heterocycles. The first kappa shape index (κ1) is 13.5. The molecule has 0 radical (unpaired) electrons. The summed E-state index contributed by atoms with van der Waals surface area (Å²) < 4.78 is 27.1. The molecule has 1 aliphatic rings. The Bertz CT molecular complexity index is 516. The molecule has 0 aromatic heterocycles. The van der Waals surface area contributed by atoms with Crippen LogP contribution < -0.4 is 10.5 Å². The highest BCUT2D eigenvalue weighted by molar-refractivity contribution is 7.89. The minimum atomic E-state index is -3.41. The van der Waals surface area contributed by atoms with Crippen LogP contribution in [0.4, 0.5) is 0 Å². The van der Waals surface area contributed by atoms with Crippen molar-refractivity contribution in [3.8, 4) is 0 Å². The Labute approximate surface area is 109 Å². The Balaban J connectivity index is 2.19. The molecule has 18 heavy (non-hydrogen) atoms. The van der Waals surface area contributed by atoms with E-state index in [1.807, 2.05) is 13.8 Å². The van der Waals surface area contributed by atoms with Crippen LogP contribution in [-0.4, -0.2) is 14.0 Å². The third-order valence-corrected chi connectivity index (χ3v) is 5.21. The first-order valence-corrected chi connectivity index (χ1v) is 7.70.